The van der Waals surface area contributed by atoms with Gasteiger partial charge in [0, 0.05) is 0 Å². The third kappa shape index (κ3) is 3.69. The van der Waals surface area contributed by atoms with Gasteiger partial charge in [0.2, 0.25) is 0 Å². The van der Waals surface area contributed by atoms with Crippen LogP contribution < -0.4 is 21.9 Å². The van der Waals surface area contributed by atoms with Gasteiger partial charge < -0.3 is 5.11 Å². The minimum absolute atomic E-state index is 0.0236. The average molecular weight is 462 g/mol. The summed E-state index contributed by atoms with van der Waals surface area (Å²) in [5.41, 5.74) is 6.38. The molecule has 0 fully saturated rings. The molecule has 0 unspecified atom stereocenters. The van der Waals surface area contributed by atoms with E-state index in [1.165, 1.54) is 5.56 Å². The molecular weight excluding hydrogens is 444 g/mol. The lowest BCUT2D eigenvalue weighted by Crippen LogP contribution is -2.42. The average Bonchev–Trinajstić information content (AvgIpc) is 2.95. The van der Waals surface area contributed by atoms with Gasteiger partial charge in [-0.3, -0.25) is 0 Å². The summed E-state index contributed by atoms with van der Waals surface area (Å²) in [6, 6.07) is 35.3. The van der Waals surface area contributed by atoms with Crippen LogP contribution >= 0.6 is 0 Å². The van der Waals surface area contributed by atoms with Crippen LogP contribution in [0.1, 0.15) is 0 Å². The van der Waals surface area contributed by atoms with Gasteiger partial charge >= 0.3 is 0 Å². The lowest BCUT2D eigenvalue weighted by molar-refractivity contribution is 0.484. The zero-order chi connectivity index (χ0) is 25.7. The van der Waals surface area contributed by atoms with E-state index in [0.717, 1.165) is 43.8 Å². The fraction of sp³-hybridized carbons (Fsp3) is 0. The Labute approximate surface area is 221 Å². The summed E-state index contributed by atoms with van der Waals surface area (Å²) in [5.74, 6) is -0.289. The van der Waals surface area contributed by atoms with E-state index in [2.05, 4.69) is 60.7 Å². The Hall–Kier alpha value is -4.10. The molecule has 1 nitrogen and oxygen atoms in total. The highest BCUT2D eigenvalue weighted by Gasteiger charge is 2.21. The molecule has 0 atom stereocenters. The van der Waals surface area contributed by atoms with Gasteiger partial charge in [0.25, 0.3) is 0 Å². The van der Waals surface area contributed by atoms with Crippen LogP contribution in [0.25, 0.3) is 54.9 Å². The molecule has 0 aliphatic rings. The van der Waals surface area contributed by atoms with Gasteiger partial charge in [-0.2, -0.15) is 0 Å². The van der Waals surface area contributed by atoms with E-state index < -0.39 is 0 Å². The molecule has 0 aliphatic carbocycles. The van der Waals surface area contributed by atoms with Crippen molar-refractivity contribution in [3.05, 3.63) is 103 Å². The van der Waals surface area contributed by atoms with Gasteiger partial charge in [-0.05, 0) is 54.9 Å². The highest BCUT2D eigenvalue weighted by Crippen LogP contribution is 2.43. The quantitative estimate of drug-likeness (QED) is 0.313. The van der Waals surface area contributed by atoms with Crippen molar-refractivity contribution in [2.45, 2.75) is 0 Å². The molecule has 0 amide bonds. The Bertz CT molecular complexity index is 1720. The third-order valence-electron chi connectivity index (χ3n) is 7.09. The first-order chi connectivity index (χ1) is 18.0. The van der Waals surface area contributed by atoms with E-state index in [9.17, 15) is 5.11 Å². The summed E-state index contributed by atoms with van der Waals surface area (Å²) in [5, 5.41) is 14.4. The standard InChI is InChI=1S/C32H18B4O/c33-28-27(29(34)31(36)32(37)30(28)35)26-23-12-6-4-10-21(23)25(22-11-5-7-13-24(22)26)20-16-14-19(15-17-20)18-8-2-1-3-9-18/h1-17,37H. The highest BCUT2D eigenvalue weighted by molar-refractivity contribution is 6.61. The van der Waals surface area contributed by atoms with Crippen LogP contribution in [0.3, 0.4) is 0 Å². The first-order valence-corrected chi connectivity index (χ1v) is 12.0. The minimum Gasteiger partial charge on any atom is -0.509 e. The summed E-state index contributed by atoms with van der Waals surface area (Å²) >= 11 is 0. The van der Waals surface area contributed by atoms with Gasteiger partial charge in [0.15, 0.2) is 0 Å². The van der Waals surface area contributed by atoms with Crippen molar-refractivity contribution in [1.82, 2.24) is 0 Å². The predicted molar refractivity (Wildman–Crippen MR) is 161 cm³/mol. The zero-order valence-corrected chi connectivity index (χ0v) is 20.1. The van der Waals surface area contributed by atoms with Crippen LogP contribution in [0.2, 0.25) is 0 Å². The normalized spacial score (nSPS) is 11.2. The van der Waals surface area contributed by atoms with Crippen molar-refractivity contribution in [2.24, 2.45) is 0 Å². The molecule has 0 bridgehead atoms. The van der Waals surface area contributed by atoms with Gasteiger partial charge in [0.1, 0.15) is 31.4 Å². The van der Waals surface area contributed by atoms with E-state index in [4.69, 9.17) is 31.4 Å². The van der Waals surface area contributed by atoms with E-state index in [0.29, 0.717) is 5.56 Å². The third-order valence-corrected chi connectivity index (χ3v) is 7.09. The number of hydrogen-bond donors (Lipinski definition) is 1. The number of phenols is 1. The summed E-state index contributed by atoms with van der Waals surface area (Å²) in [4.78, 5) is 0. The summed E-state index contributed by atoms with van der Waals surface area (Å²) in [6.07, 6.45) is 0. The number of fused-ring (bicyclic) bond motifs is 2. The topological polar surface area (TPSA) is 20.2 Å². The Balaban J connectivity index is 1.69. The second-order valence-corrected chi connectivity index (χ2v) is 9.16. The Morgan fingerprint density at radius 1 is 0.351 bits per heavy atom. The number of hydrogen-bond acceptors (Lipinski definition) is 1. The van der Waals surface area contributed by atoms with Crippen molar-refractivity contribution in [2.75, 3.05) is 0 Å². The molecule has 6 rings (SSSR count). The molecule has 0 aliphatic heterocycles. The molecule has 0 spiro atoms. The monoisotopic (exact) mass is 462 g/mol. The number of rotatable bonds is 3. The van der Waals surface area contributed by atoms with Gasteiger partial charge in [-0.1, -0.05) is 125 Å². The van der Waals surface area contributed by atoms with Crippen LogP contribution in [0, 0.1) is 0 Å². The second-order valence-electron chi connectivity index (χ2n) is 9.16. The lowest BCUT2D eigenvalue weighted by Gasteiger charge is -2.24. The molecule has 37 heavy (non-hydrogen) atoms. The van der Waals surface area contributed by atoms with Gasteiger partial charge in [-0.25, -0.2) is 0 Å². The molecule has 0 aromatic heterocycles. The number of benzene rings is 6. The van der Waals surface area contributed by atoms with Crippen LogP contribution in [0.15, 0.2) is 103 Å². The SMILES string of the molecule is [B]c1c([B])c(-c2c3ccccc3c(-c3ccc(-c4ccccc4)cc3)c3ccccc23)c([B])c([B])c1O. The summed E-state index contributed by atoms with van der Waals surface area (Å²) in [6.45, 7) is 0. The van der Waals surface area contributed by atoms with E-state index >= 15 is 0 Å². The molecule has 8 radical (unpaired) electrons. The van der Waals surface area contributed by atoms with E-state index in [1.807, 2.05) is 42.5 Å². The Morgan fingerprint density at radius 3 is 1.22 bits per heavy atom. The largest absolute Gasteiger partial charge is 0.509 e. The summed E-state index contributed by atoms with van der Waals surface area (Å²) < 4.78 is 0. The predicted octanol–water partition coefficient (Wildman–Crippen LogP) is 3.87. The smallest absolute Gasteiger partial charge is 0.118 e. The first-order valence-electron chi connectivity index (χ1n) is 12.0. The Morgan fingerprint density at radius 2 is 0.730 bits per heavy atom. The van der Waals surface area contributed by atoms with Crippen molar-refractivity contribution < 1.29 is 5.11 Å². The molecule has 6 aromatic carbocycles. The molecule has 0 saturated carbocycles. The van der Waals surface area contributed by atoms with E-state index in [1.54, 1.807) is 0 Å². The van der Waals surface area contributed by atoms with Crippen molar-refractivity contribution in [3.63, 3.8) is 0 Å². The first kappa shape index (κ1) is 23.3. The maximum atomic E-state index is 10.4. The highest BCUT2D eigenvalue weighted by atomic mass is 16.3. The molecule has 1 N–H and O–H groups in total. The molecular formula is C32H18B4O. The van der Waals surface area contributed by atoms with Crippen LogP contribution in [0.5, 0.6) is 5.75 Å². The van der Waals surface area contributed by atoms with Crippen molar-refractivity contribution in [3.8, 4) is 39.1 Å². The van der Waals surface area contributed by atoms with E-state index in [-0.39, 0.29) is 27.6 Å². The van der Waals surface area contributed by atoms with Crippen LogP contribution in [-0.2, 0) is 0 Å². The zero-order valence-electron chi connectivity index (χ0n) is 20.1. The van der Waals surface area contributed by atoms with Crippen LogP contribution in [-0.4, -0.2) is 36.5 Å². The van der Waals surface area contributed by atoms with Crippen molar-refractivity contribution in [1.29, 1.82) is 0 Å². The fourth-order valence-corrected chi connectivity index (χ4v) is 5.25. The molecule has 5 heteroatoms. The second kappa shape index (κ2) is 9.09. The van der Waals surface area contributed by atoms with Crippen LogP contribution in [0.4, 0.5) is 0 Å². The van der Waals surface area contributed by atoms with Gasteiger partial charge in [-0.15, -0.1) is 0 Å². The summed E-state index contributed by atoms with van der Waals surface area (Å²) in [7, 11) is 25.2. The number of phenolic OH excluding ortho intramolecular Hbond substituents is 1. The Kier molecular flexibility index (Phi) is 5.72. The fourth-order valence-electron chi connectivity index (χ4n) is 5.25. The maximum Gasteiger partial charge on any atom is 0.118 e. The maximum absolute atomic E-state index is 10.4. The van der Waals surface area contributed by atoms with Gasteiger partial charge in [0.05, 0.1) is 5.75 Å². The number of aromatic hydroxyl groups is 1. The minimum atomic E-state index is -0.289. The molecule has 0 heterocycles. The van der Waals surface area contributed by atoms with Crippen molar-refractivity contribution >= 4 is 74.8 Å². The molecule has 0 saturated heterocycles. The molecule has 164 valence electrons. The lowest BCUT2D eigenvalue weighted by atomic mass is 9.64. The molecule has 6 aromatic rings.